The maximum atomic E-state index is 12.5. The van der Waals surface area contributed by atoms with Gasteiger partial charge < -0.3 is 19.2 Å². The summed E-state index contributed by atoms with van der Waals surface area (Å²) in [6.45, 7) is 0. The van der Waals surface area contributed by atoms with Gasteiger partial charge in [0.15, 0.2) is 17.1 Å². The molecule has 0 atom stereocenters. The van der Waals surface area contributed by atoms with Crippen LogP contribution in [0.25, 0.3) is 22.1 Å². The Kier molecular flexibility index (Phi) is 4.40. The lowest BCUT2D eigenvalue weighted by Crippen LogP contribution is -2.15. The van der Waals surface area contributed by atoms with Crippen LogP contribution in [0.1, 0.15) is 10.4 Å². The zero-order valence-corrected chi connectivity index (χ0v) is 15.4. The molecule has 0 aliphatic rings. The van der Waals surface area contributed by atoms with Gasteiger partial charge >= 0.3 is 0 Å². The highest BCUT2D eigenvalue weighted by molar-refractivity contribution is 6.06. The molecule has 142 valence electrons. The number of hydrogen-bond acceptors (Lipinski definition) is 7. The van der Waals surface area contributed by atoms with Crippen LogP contribution in [-0.4, -0.2) is 47.4 Å². The van der Waals surface area contributed by atoms with Crippen molar-refractivity contribution in [2.24, 2.45) is 0 Å². The zero-order valence-electron chi connectivity index (χ0n) is 15.4. The van der Waals surface area contributed by atoms with E-state index in [4.69, 9.17) is 14.2 Å². The number of rotatable bonds is 5. The van der Waals surface area contributed by atoms with Gasteiger partial charge in [-0.15, -0.1) is 10.2 Å². The van der Waals surface area contributed by atoms with Crippen molar-refractivity contribution in [2.45, 2.75) is 0 Å². The number of aromatic amines is 1. The van der Waals surface area contributed by atoms with E-state index in [0.717, 1.165) is 10.9 Å². The monoisotopic (exact) mass is 379 g/mol. The molecular weight excluding hydrogens is 362 g/mol. The molecule has 4 aromatic rings. The van der Waals surface area contributed by atoms with E-state index >= 15 is 0 Å². The Morgan fingerprint density at radius 1 is 0.964 bits per heavy atom. The van der Waals surface area contributed by atoms with Crippen molar-refractivity contribution < 1.29 is 19.0 Å². The summed E-state index contributed by atoms with van der Waals surface area (Å²) in [4.78, 5) is 20.0. The molecule has 9 heteroatoms. The molecule has 0 unspecified atom stereocenters. The standard InChI is InChI=1S/C19H17N5O4/c1-26-11-5-6-13-12(9-11)16-17(20-13)21-19(24-23-16)22-18(25)10-4-7-14(27-2)15(8-10)28-3/h4-9H,1-3H3,(H2,20,21,22,24,25). The summed E-state index contributed by atoms with van der Waals surface area (Å²) < 4.78 is 15.6. The van der Waals surface area contributed by atoms with E-state index in [1.54, 1.807) is 25.3 Å². The van der Waals surface area contributed by atoms with Crippen molar-refractivity contribution in [2.75, 3.05) is 26.6 Å². The number of anilines is 1. The Hall–Kier alpha value is -3.88. The number of aromatic nitrogens is 4. The van der Waals surface area contributed by atoms with Gasteiger partial charge in [-0.2, -0.15) is 4.98 Å². The fourth-order valence-electron chi connectivity index (χ4n) is 2.88. The van der Waals surface area contributed by atoms with E-state index in [0.29, 0.717) is 34.0 Å². The average molecular weight is 379 g/mol. The first kappa shape index (κ1) is 17.5. The molecular formula is C19H17N5O4. The molecule has 0 aliphatic carbocycles. The number of H-pyrrole nitrogens is 1. The predicted octanol–water partition coefficient (Wildman–Crippen LogP) is 2.78. The highest BCUT2D eigenvalue weighted by Crippen LogP contribution is 2.28. The van der Waals surface area contributed by atoms with Crippen molar-refractivity contribution in [3.63, 3.8) is 0 Å². The number of carbonyl (C=O) groups excluding carboxylic acids is 1. The van der Waals surface area contributed by atoms with Crippen LogP contribution in [0, 0.1) is 0 Å². The van der Waals surface area contributed by atoms with Crippen LogP contribution in [0.4, 0.5) is 5.95 Å². The number of hydrogen-bond donors (Lipinski definition) is 2. The number of amides is 1. The van der Waals surface area contributed by atoms with Crippen LogP contribution >= 0.6 is 0 Å². The zero-order chi connectivity index (χ0) is 19.7. The Morgan fingerprint density at radius 3 is 2.54 bits per heavy atom. The van der Waals surface area contributed by atoms with Crippen LogP contribution in [0.5, 0.6) is 17.2 Å². The number of nitrogens with one attached hydrogen (secondary N) is 2. The van der Waals surface area contributed by atoms with Crippen LogP contribution < -0.4 is 19.5 Å². The second-order valence-corrected chi connectivity index (χ2v) is 5.89. The highest BCUT2D eigenvalue weighted by Gasteiger charge is 2.14. The normalized spacial score (nSPS) is 10.8. The van der Waals surface area contributed by atoms with E-state index in [9.17, 15) is 4.79 Å². The quantitative estimate of drug-likeness (QED) is 0.548. The Morgan fingerprint density at radius 2 is 1.79 bits per heavy atom. The lowest BCUT2D eigenvalue weighted by molar-refractivity contribution is 0.102. The Labute approximate surface area is 159 Å². The fraction of sp³-hybridized carbons (Fsp3) is 0.158. The second-order valence-electron chi connectivity index (χ2n) is 5.89. The van der Waals surface area contributed by atoms with Crippen molar-refractivity contribution in [3.8, 4) is 17.2 Å². The highest BCUT2D eigenvalue weighted by atomic mass is 16.5. The van der Waals surface area contributed by atoms with Gasteiger partial charge in [0.05, 0.1) is 21.3 Å². The summed E-state index contributed by atoms with van der Waals surface area (Å²) in [5.41, 5.74) is 2.34. The van der Waals surface area contributed by atoms with Gasteiger partial charge in [0.1, 0.15) is 11.3 Å². The van der Waals surface area contributed by atoms with Gasteiger partial charge in [0.25, 0.3) is 11.9 Å². The molecule has 2 aromatic heterocycles. The Bertz CT molecular complexity index is 1190. The molecule has 1 amide bonds. The summed E-state index contributed by atoms with van der Waals surface area (Å²) in [5.74, 6) is 1.40. The van der Waals surface area contributed by atoms with Gasteiger partial charge in [0, 0.05) is 16.5 Å². The molecule has 0 fully saturated rings. The molecule has 9 nitrogen and oxygen atoms in total. The molecule has 0 radical (unpaired) electrons. The maximum Gasteiger partial charge on any atom is 0.258 e. The van der Waals surface area contributed by atoms with E-state index < -0.39 is 0 Å². The molecule has 2 aromatic carbocycles. The third kappa shape index (κ3) is 3.02. The first-order valence-electron chi connectivity index (χ1n) is 8.36. The van der Waals surface area contributed by atoms with E-state index in [1.807, 2.05) is 18.2 Å². The lowest BCUT2D eigenvalue weighted by atomic mass is 10.2. The third-order valence-electron chi connectivity index (χ3n) is 4.29. The molecule has 0 saturated carbocycles. The van der Waals surface area contributed by atoms with Gasteiger partial charge in [-0.3, -0.25) is 10.1 Å². The SMILES string of the molecule is COc1ccc2[nH]c3nc(NC(=O)c4ccc(OC)c(OC)c4)nnc3c2c1. The van der Waals surface area contributed by atoms with Gasteiger partial charge in [-0.1, -0.05) is 0 Å². The summed E-state index contributed by atoms with van der Waals surface area (Å²) in [6, 6.07) is 10.4. The maximum absolute atomic E-state index is 12.5. The molecule has 2 N–H and O–H groups in total. The molecule has 0 bridgehead atoms. The fourth-order valence-corrected chi connectivity index (χ4v) is 2.88. The summed E-state index contributed by atoms with van der Waals surface area (Å²) >= 11 is 0. The Balaban J connectivity index is 1.64. The van der Waals surface area contributed by atoms with E-state index in [1.165, 1.54) is 14.2 Å². The molecule has 0 spiro atoms. The number of fused-ring (bicyclic) bond motifs is 3. The number of nitrogens with zero attached hydrogens (tertiary/aromatic N) is 3. The molecule has 0 aliphatic heterocycles. The third-order valence-corrected chi connectivity index (χ3v) is 4.29. The van der Waals surface area contributed by atoms with Crippen molar-refractivity contribution in [3.05, 3.63) is 42.0 Å². The van der Waals surface area contributed by atoms with Crippen LogP contribution in [-0.2, 0) is 0 Å². The first-order chi connectivity index (χ1) is 13.6. The minimum absolute atomic E-state index is 0.0887. The predicted molar refractivity (Wildman–Crippen MR) is 103 cm³/mol. The number of benzene rings is 2. The number of carbonyl (C=O) groups is 1. The van der Waals surface area contributed by atoms with Gasteiger partial charge in [-0.05, 0) is 36.4 Å². The van der Waals surface area contributed by atoms with Crippen LogP contribution in [0.15, 0.2) is 36.4 Å². The summed E-state index contributed by atoms with van der Waals surface area (Å²) in [5, 5.41) is 11.7. The van der Waals surface area contributed by atoms with E-state index in [-0.39, 0.29) is 11.9 Å². The van der Waals surface area contributed by atoms with Crippen molar-refractivity contribution >= 4 is 33.9 Å². The topological polar surface area (TPSA) is 111 Å². The average Bonchev–Trinajstić information content (AvgIpc) is 3.09. The molecule has 0 saturated heterocycles. The summed E-state index contributed by atoms with van der Waals surface area (Å²) in [6.07, 6.45) is 0. The number of methoxy groups -OCH3 is 3. The minimum Gasteiger partial charge on any atom is -0.497 e. The minimum atomic E-state index is -0.389. The van der Waals surface area contributed by atoms with Crippen LogP contribution in [0.3, 0.4) is 0 Å². The molecule has 2 heterocycles. The van der Waals surface area contributed by atoms with Crippen molar-refractivity contribution in [1.82, 2.24) is 20.2 Å². The van der Waals surface area contributed by atoms with Gasteiger partial charge in [0.2, 0.25) is 0 Å². The van der Waals surface area contributed by atoms with Gasteiger partial charge in [-0.25, -0.2) is 0 Å². The van der Waals surface area contributed by atoms with E-state index in [2.05, 4.69) is 25.5 Å². The number of ether oxygens (including phenoxy) is 3. The molecule has 4 rings (SSSR count). The van der Waals surface area contributed by atoms with Crippen molar-refractivity contribution in [1.29, 1.82) is 0 Å². The summed E-state index contributed by atoms with van der Waals surface area (Å²) in [7, 11) is 4.63. The first-order valence-corrected chi connectivity index (χ1v) is 8.36. The molecule has 28 heavy (non-hydrogen) atoms. The van der Waals surface area contributed by atoms with Crippen LogP contribution in [0.2, 0.25) is 0 Å². The second kappa shape index (κ2) is 7.03. The largest absolute Gasteiger partial charge is 0.497 e. The lowest BCUT2D eigenvalue weighted by Gasteiger charge is -2.09. The smallest absolute Gasteiger partial charge is 0.258 e.